The van der Waals surface area contributed by atoms with Crippen molar-refractivity contribution in [1.82, 2.24) is 14.8 Å². The molecule has 0 spiro atoms. The smallest absolute Gasteiger partial charge is 0.230 e. The first-order valence-electron chi connectivity index (χ1n) is 7.70. The first-order valence-corrected chi connectivity index (χ1v) is 8.58. The second kappa shape index (κ2) is 7.06. The Bertz CT molecular complexity index is 908. The fourth-order valence-electron chi connectivity index (χ4n) is 2.31. The number of benzene rings is 2. The minimum Gasteiger partial charge on any atom is -0.369 e. The quantitative estimate of drug-likeness (QED) is 0.712. The van der Waals surface area contributed by atoms with E-state index in [4.69, 9.17) is 5.73 Å². The van der Waals surface area contributed by atoms with Crippen LogP contribution in [0.3, 0.4) is 0 Å². The van der Waals surface area contributed by atoms with Crippen molar-refractivity contribution in [2.45, 2.75) is 24.3 Å². The lowest BCUT2D eigenvalue weighted by atomic mass is 10.2. The molecular weight excluding hydrogens is 339 g/mol. The van der Waals surface area contributed by atoms with Gasteiger partial charge in [-0.3, -0.25) is 9.36 Å². The van der Waals surface area contributed by atoms with Gasteiger partial charge in [0.2, 0.25) is 5.91 Å². The summed E-state index contributed by atoms with van der Waals surface area (Å²) in [7, 11) is 0. The van der Waals surface area contributed by atoms with Crippen LogP contribution in [0.1, 0.15) is 12.5 Å². The van der Waals surface area contributed by atoms with E-state index >= 15 is 0 Å². The molecule has 0 saturated heterocycles. The topological polar surface area (TPSA) is 73.8 Å². The molecule has 1 heterocycles. The molecule has 5 nitrogen and oxygen atoms in total. The molecule has 1 atom stereocenters. The van der Waals surface area contributed by atoms with Crippen LogP contribution in [-0.2, 0) is 4.79 Å². The molecule has 1 amide bonds. The third kappa shape index (κ3) is 3.56. The van der Waals surface area contributed by atoms with Crippen molar-refractivity contribution in [3.05, 3.63) is 59.9 Å². The van der Waals surface area contributed by atoms with Crippen molar-refractivity contribution in [2.24, 2.45) is 5.73 Å². The monoisotopic (exact) mass is 356 g/mol. The van der Waals surface area contributed by atoms with Crippen LogP contribution in [0.25, 0.3) is 17.1 Å². The first-order chi connectivity index (χ1) is 12.0. The Morgan fingerprint density at radius 3 is 2.48 bits per heavy atom. The number of primary amides is 1. The molecular formula is C18H17FN4OS. The zero-order valence-electron chi connectivity index (χ0n) is 13.8. The third-order valence-electron chi connectivity index (χ3n) is 3.72. The van der Waals surface area contributed by atoms with Crippen LogP contribution in [0.15, 0.2) is 53.7 Å². The molecule has 0 aliphatic heterocycles. The van der Waals surface area contributed by atoms with Gasteiger partial charge in [-0.15, -0.1) is 10.2 Å². The van der Waals surface area contributed by atoms with E-state index in [0.29, 0.717) is 16.5 Å². The largest absolute Gasteiger partial charge is 0.369 e. The summed E-state index contributed by atoms with van der Waals surface area (Å²) in [5, 5.41) is 8.31. The van der Waals surface area contributed by atoms with Gasteiger partial charge in [0.05, 0.1) is 10.8 Å². The molecule has 3 aromatic rings. The number of carbonyl (C=O) groups excluding carboxylic acids is 1. The van der Waals surface area contributed by atoms with Crippen molar-refractivity contribution in [1.29, 1.82) is 0 Å². The van der Waals surface area contributed by atoms with Gasteiger partial charge in [0.15, 0.2) is 11.0 Å². The number of rotatable bonds is 5. The lowest BCUT2D eigenvalue weighted by Crippen LogP contribution is -2.23. The second-order valence-corrected chi connectivity index (χ2v) is 6.93. The van der Waals surface area contributed by atoms with E-state index in [1.807, 2.05) is 31.2 Å². The molecule has 1 unspecified atom stereocenters. The number of aryl methyl sites for hydroxylation is 1. The number of hydrogen-bond donors (Lipinski definition) is 1. The summed E-state index contributed by atoms with van der Waals surface area (Å²) in [6.45, 7) is 3.68. The highest BCUT2D eigenvalue weighted by molar-refractivity contribution is 8.00. The molecule has 3 rings (SSSR count). The molecule has 25 heavy (non-hydrogen) atoms. The number of aromatic nitrogens is 3. The van der Waals surface area contributed by atoms with Crippen molar-refractivity contribution in [2.75, 3.05) is 0 Å². The van der Waals surface area contributed by atoms with Gasteiger partial charge < -0.3 is 5.73 Å². The summed E-state index contributed by atoms with van der Waals surface area (Å²) in [5.41, 5.74) is 7.59. The average Bonchev–Trinajstić information content (AvgIpc) is 2.99. The van der Waals surface area contributed by atoms with Gasteiger partial charge in [0.25, 0.3) is 0 Å². The van der Waals surface area contributed by atoms with Crippen molar-refractivity contribution in [3.8, 4) is 17.1 Å². The number of carbonyl (C=O) groups is 1. The fourth-order valence-corrected chi connectivity index (χ4v) is 3.12. The maximum atomic E-state index is 14.3. The van der Waals surface area contributed by atoms with E-state index in [2.05, 4.69) is 10.2 Å². The summed E-state index contributed by atoms with van der Waals surface area (Å²) in [4.78, 5) is 11.4. The van der Waals surface area contributed by atoms with E-state index in [1.54, 1.807) is 29.7 Å². The molecule has 0 aliphatic carbocycles. The molecule has 0 fully saturated rings. The van der Waals surface area contributed by atoms with Gasteiger partial charge in [0.1, 0.15) is 5.82 Å². The van der Waals surface area contributed by atoms with E-state index in [-0.39, 0.29) is 5.82 Å². The Labute approximate surface area is 149 Å². The van der Waals surface area contributed by atoms with Crippen LogP contribution < -0.4 is 5.73 Å². The number of nitrogens with zero attached hydrogens (tertiary/aromatic N) is 3. The van der Waals surface area contributed by atoms with E-state index in [9.17, 15) is 9.18 Å². The van der Waals surface area contributed by atoms with Gasteiger partial charge in [-0.2, -0.15) is 0 Å². The van der Waals surface area contributed by atoms with Gasteiger partial charge in [0, 0.05) is 5.69 Å². The zero-order valence-corrected chi connectivity index (χ0v) is 14.6. The van der Waals surface area contributed by atoms with Crippen LogP contribution in [0.5, 0.6) is 0 Å². The van der Waals surface area contributed by atoms with Crippen molar-refractivity contribution >= 4 is 17.7 Å². The summed E-state index contributed by atoms with van der Waals surface area (Å²) in [5.74, 6) is -0.459. The minimum absolute atomic E-state index is 0.342. The fraction of sp³-hybridized carbons (Fsp3) is 0.167. The highest BCUT2D eigenvalue weighted by Crippen LogP contribution is 2.31. The van der Waals surface area contributed by atoms with Gasteiger partial charge in [-0.05, 0) is 38.1 Å². The number of nitrogens with two attached hydrogens (primary N) is 1. The Hall–Kier alpha value is -2.67. The summed E-state index contributed by atoms with van der Waals surface area (Å²) < 4.78 is 16.0. The molecule has 0 radical (unpaired) electrons. The van der Waals surface area contributed by atoms with Crippen LogP contribution >= 0.6 is 11.8 Å². The summed E-state index contributed by atoms with van der Waals surface area (Å²) in [6.07, 6.45) is 0. The highest BCUT2D eigenvalue weighted by Gasteiger charge is 2.21. The minimum atomic E-state index is -0.484. The summed E-state index contributed by atoms with van der Waals surface area (Å²) >= 11 is 1.19. The van der Waals surface area contributed by atoms with Crippen molar-refractivity contribution in [3.63, 3.8) is 0 Å². The SMILES string of the molecule is Cc1ccc(-n2c(SC(C)C(N)=O)nnc2-c2ccccc2F)cc1. The average molecular weight is 356 g/mol. The second-order valence-electron chi connectivity index (χ2n) is 5.62. The molecule has 0 aliphatic rings. The predicted octanol–water partition coefficient (Wildman–Crippen LogP) is 3.35. The lowest BCUT2D eigenvalue weighted by molar-refractivity contribution is -0.117. The van der Waals surface area contributed by atoms with Crippen LogP contribution in [-0.4, -0.2) is 25.9 Å². The van der Waals surface area contributed by atoms with Crippen LogP contribution in [0.2, 0.25) is 0 Å². The van der Waals surface area contributed by atoms with E-state index in [0.717, 1.165) is 11.3 Å². The van der Waals surface area contributed by atoms with Gasteiger partial charge in [-0.25, -0.2) is 4.39 Å². The molecule has 128 valence electrons. The molecule has 7 heteroatoms. The highest BCUT2D eigenvalue weighted by atomic mass is 32.2. The molecule has 1 aromatic heterocycles. The molecule has 0 bridgehead atoms. The van der Waals surface area contributed by atoms with Crippen molar-refractivity contribution < 1.29 is 9.18 Å². The Morgan fingerprint density at radius 1 is 1.16 bits per heavy atom. The molecule has 0 saturated carbocycles. The number of thioether (sulfide) groups is 1. The number of hydrogen-bond acceptors (Lipinski definition) is 4. The molecule has 2 aromatic carbocycles. The maximum Gasteiger partial charge on any atom is 0.230 e. The lowest BCUT2D eigenvalue weighted by Gasteiger charge is -2.12. The third-order valence-corrected chi connectivity index (χ3v) is 4.78. The number of amides is 1. The molecule has 2 N–H and O–H groups in total. The zero-order chi connectivity index (χ0) is 18.0. The Balaban J connectivity index is 2.16. The maximum absolute atomic E-state index is 14.3. The van der Waals surface area contributed by atoms with Gasteiger partial charge in [-0.1, -0.05) is 41.6 Å². The first kappa shape index (κ1) is 17.2. The normalized spacial score (nSPS) is 12.1. The summed E-state index contributed by atoms with van der Waals surface area (Å²) in [6, 6.07) is 14.1. The number of halogens is 1. The van der Waals surface area contributed by atoms with E-state index < -0.39 is 11.2 Å². The Morgan fingerprint density at radius 2 is 1.84 bits per heavy atom. The Kier molecular flexibility index (Phi) is 4.85. The van der Waals surface area contributed by atoms with E-state index in [1.165, 1.54) is 17.8 Å². The van der Waals surface area contributed by atoms with Crippen LogP contribution in [0.4, 0.5) is 4.39 Å². The van der Waals surface area contributed by atoms with Crippen LogP contribution in [0, 0.1) is 12.7 Å². The van der Waals surface area contributed by atoms with Gasteiger partial charge >= 0.3 is 0 Å². The predicted molar refractivity (Wildman–Crippen MR) is 96.0 cm³/mol. The standard InChI is InChI=1S/C18H17FN4OS/c1-11-7-9-13(10-8-11)23-17(14-5-3-4-6-15(14)19)21-22-18(23)25-12(2)16(20)24/h3-10,12H,1-2H3,(H2,20,24).